The van der Waals surface area contributed by atoms with Crippen LogP contribution in [0.4, 0.5) is 0 Å². The number of rotatable bonds is 7. The molecule has 0 radical (unpaired) electrons. The summed E-state index contributed by atoms with van der Waals surface area (Å²) >= 11 is 13.1. The molecule has 3 rings (SSSR count). The van der Waals surface area contributed by atoms with Crippen molar-refractivity contribution in [2.45, 2.75) is 17.4 Å². The van der Waals surface area contributed by atoms with Crippen molar-refractivity contribution in [1.82, 2.24) is 5.32 Å². The first-order valence-corrected chi connectivity index (χ1v) is 11.4. The molecule has 3 aromatic rings. The van der Waals surface area contributed by atoms with E-state index in [2.05, 4.69) is 5.32 Å². The minimum atomic E-state index is -3.75. The molecule has 3 N–H and O–H groups in total. The second kappa shape index (κ2) is 9.15. The second-order valence-electron chi connectivity index (χ2n) is 5.97. The van der Waals surface area contributed by atoms with Gasteiger partial charge in [-0.15, -0.1) is 11.3 Å². The Morgan fingerprint density at radius 2 is 1.86 bits per heavy atom. The molecule has 0 aliphatic carbocycles. The van der Waals surface area contributed by atoms with E-state index in [9.17, 15) is 13.2 Å². The third kappa shape index (κ3) is 5.71. The van der Waals surface area contributed by atoms with Crippen LogP contribution in [0, 0.1) is 0 Å². The fraction of sp³-hybridized carbons (Fsp3) is 0.105. The van der Waals surface area contributed by atoms with E-state index in [-0.39, 0.29) is 23.3 Å². The highest BCUT2D eigenvalue weighted by atomic mass is 35.5. The fourth-order valence-electron chi connectivity index (χ4n) is 2.44. The number of thiophene rings is 1. The first kappa shape index (κ1) is 21.6. The molecule has 0 unspecified atom stereocenters. The molecule has 0 fully saturated rings. The quantitative estimate of drug-likeness (QED) is 0.539. The average Bonchev–Trinajstić information content (AvgIpc) is 3.15. The van der Waals surface area contributed by atoms with E-state index in [0.29, 0.717) is 26.2 Å². The van der Waals surface area contributed by atoms with Crippen LogP contribution in [0.15, 0.2) is 58.8 Å². The summed E-state index contributed by atoms with van der Waals surface area (Å²) in [6.07, 6.45) is 0. The minimum absolute atomic E-state index is 0.0466. The van der Waals surface area contributed by atoms with Crippen molar-refractivity contribution in [3.05, 3.63) is 80.6 Å². The molecule has 0 bridgehead atoms. The van der Waals surface area contributed by atoms with Crippen LogP contribution < -0.4 is 15.2 Å². The molecular weight excluding hydrogens is 455 g/mol. The Bertz CT molecular complexity index is 1150. The van der Waals surface area contributed by atoms with Gasteiger partial charge in [0.25, 0.3) is 5.91 Å². The van der Waals surface area contributed by atoms with Crippen molar-refractivity contribution >= 4 is 50.5 Å². The minimum Gasteiger partial charge on any atom is -0.488 e. The standard InChI is InChI=1S/C19H16Cl2N2O4S2/c20-13-6-5-12(16(21)9-13)11-27-17-4-2-1-3-15(17)19(24)23-10-14-7-8-18(28-14)29(22,25)26/h1-9H,10-11H2,(H,23,24)(H2,22,25,26). The maximum absolute atomic E-state index is 12.6. The van der Waals surface area contributed by atoms with Crippen molar-refractivity contribution in [1.29, 1.82) is 0 Å². The number of nitrogens with two attached hydrogens (primary N) is 1. The predicted molar refractivity (Wildman–Crippen MR) is 114 cm³/mol. The molecule has 6 nitrogen and oxygen atoms in total. The van der Waals surface area contributed by atoms with Gasteiger partial charge in [-0.25, -0.2) is 13.6 Å². The van der Waals surface area contributed by atoms with Crippen molar-refractivity contribution < 1.29 is 17.9 Å². The van der Waals surface area contributed by atoms with Gasteiger partial charge in [0.15, 0.2) is 0 Å². The summed E-state index contributed by atoms with van der Waals surface area (Å²) in [5.41, 5.74) is 1.08. The number of hydrogen-bond acceptors (Lipinski definition) is 5. The molecule has 0 atom stereocenters. The Morgan fingerprint density at radius 3 is 2.55 bits per heavy atom. The zero-order valence-corrected chi connectivity index (χ0v) is 18.0. The lowest BCUT2D eigenvalue weighted by atomic mass is 10.2. The molecule has 1 aromatic heterocycles. The summed E-state index contributed by atoms with van der Waals surface area (Å²) in [7, 11) is -3.75. The van der Waals surface area contributed by atoms with E-state index < -0.39 is 10.0 Å². The summed E-state index contributed by atoms with van der Waals surface area (Å²) in [5.74, 6) is 0.0424. The molecule has 0 saturated carbocycles. The molecule has 1 heterocycles. The first-order chi connectivity index (χ1) is 13.7. The topological polar surface area (TPSA) is 98.5 Å². The third-order valence-electron chi connectivity index (χ3n) is 3.87. The number of hydrogen-bond donors (Lipinski definition) is 2. The van der Waals surface area contributed by atoms with Gasteiger partial charge in [-0.05, 0) is 36.4 Å². The number of amides is 1. The highest BCUT2D eigenvalue weighted by molar-refractivity contribution is 7.91. The number of nitrogens with one attached hydrogen (secondary N) is 1. The second-order valence-corrected chi connectivity index (χ2v) is 9.77. The first-order valence-electron chi connectivity index (χ1n) is 8.29. The highest BCUT2D eigenvalue weighted by Gasteiger charge is 2.15. The molecule has 1 amide bonds. The Labute approximate surface area is 182 Å². The number of carbonyl (C=O) groups is 1. The van der Waals surface area contributed by atoms with Crippen molar-refractivity contribution in [2.24, 2.45) is 5.14 Å². The molecular formula is C19H16Cl2N2O4S2. The molecule has 0 saturated heterocycles. The summed E-state index contributed by atoms with van der Waals surface area (Å²) in [6.45, 7) is 0.333. The number of benzene rings is 2. The van der Waals surface area contributed by atoms with E-state index in [1.54, 1.807) is 48.5 Å². The normalized spacial score (nSPS) is 11.3. The van der Waals surface area contributed by atoms with Crippen molar-refractivity contribution in [2.75, 3.05) is 0 Å². The van der Waals surface area contributed by atoms with Gasteiger partial charge in [0.1, 0.15) is 16.6 Å². The SMILES string of the molecule is NS(=O)(=O)c1ccc(CNC(=O)c2ccccc2OCc2ccc(Cl)cc2Cl)s1. The van der Waals surface area contributed by atoms with Gasteiger partial charge in [0.2, 0.25) is 10.0 Å². The van der Waals surface area contributed by atoms with Crippen LogP contribution in [0.5, 0.6) is 5.75 Å². The Hall–Kier alpha value is -2.10. The Morgan fingerprint density at radius 1 is 1.10 bits per heavy atom. The van der Waals surface area contributed by atoms with Gasteiger partial charge in [0, 0.05) is 20.5 Å². The summed E-state index contributed by atoms with van der Waals surface area (Å²) in [6, 6.07) is 14.9. The molecule has 0 aliphatic rings. The van der Waals surface area contributed by atoms with Crippen LogP contribution in [-0.2, 0) is 23.2 Å². The Kier molecular flexibility index (Phi) is 6.81. The summed E-state index contributed by atoms with van der Waals surface area (Å²) in [5, 5.41) is 8.85. The van der Waals surface area contributed by atoms with Crippen LogP contribution in [0.25, 0.3) is 0 Å². The zero-order chi connectivity index (χ0) is 21.0. The number of halogens is 2. The monoisotopic (exact) mass is 470 g/mol. The number of sulfonamides is 1. The highest BCUT2D eigenvalue weighted by Crippen LogP contribution is 2.25. The Balaban J connectivity index is 1.67. The van der Waals surface area contributed by atoms with Gasteiger partial charge in [-0.2, -0.15) is 0 Å². The lowest BCUT2D eigenvalue weighted by Crippen LogP contribution is -2.23. The lowest BCUT2D eigenvalue weighted by Gasteiger charge is -2.12. The van der Waals surface area contributed by atoms with Gasteiger partial charge < -0.3 is 10.1 Å². The van der Waals surface area contributed by atoms with E-state index in [1.165, 1.54) is 6.07 Å². The fourth-order valence-corrected chi connectivity index (χ4v) is 4.62. The van der Waals surface area contributed by atoms with E-state index >= 15 is 0 Å². The number of ether oxygens (including phenoxy) is 1. The van der Waals surface area contributed by atoms with Crippen molar-refractivity contribution in [3.8, 4) is 5.75 Å². The smallest absolute Gasteiger partial charge is 0.255 e. The maximum atomic E-state index is 12.6. The molecule has 0 aliphatic heterocycles. The van der Waals surface area contributed by atoms with Crippen molar-refractivity contribution in [3.63, 3.8) is 0 Å². The largest absolute Gasteiger partial charge is 0.488 e. The predicted octanol–water partition coefficient (Wildman–Crippen LogP) is 4.21. The molecule has 152 valence electrons. The maximum Gasteiger partial charge on any atom is 0.255 e. The van der Waals surface area contributed by atoms with Crippen LogP contribution in [-0.4, -0.2) is 14.3 Å². The van der Waals surface area contributed by atoms with Gasteiger partial charge in [-0.3, -0.25) is 4.79 Å². The average molecular weight is 471 g/mol. The van der Waals surface area contributed by atoms with Crippen LogP contribution in [0.3, 0.4) is 0 Å². The summed E-state index contributed by atoms with van der Waals surface area (Å²) < 4.78 is 28.5. The van der Waals surface area contributed by atoms with Gasteiger partial charge in [-0.1, -0.05) is 41.4 Å². The van der Waals surface area contributed by atoms with E-state index in [0.717, 1.165) is 16.9 Å². The number of carbonyl (C=O) groups excluding carboxylic acids is 1. The van der Waals surface area contributed by atoms with E-state index in [1.807, 2.05) is 0 Å². The zero-order valence-electron chi connectivity index (χ0n) is 14.9. The lowest BCUT2D eigenvalue weighted by molar-refractivity contribution is 0.0946. The van der Waals surface area contributed by atoms with Crippen LogP contribution >= 0.6 is 34.5 Å². The number of primary sulfonamides is 1. The molecule has 0 spiro atoms. The van der Waals surface area contributed by atoms with Gasteiger partial charge in [0.05, 0.1) is 12.1 Å². The van der Waals surface area contributed by atoms with Crippen LogP contribution in [0.2, 0.25) is 10.0 Å². The molecule has 29 heavy (non-hydrogen) atoms. The third-order valence-corrected chi connectivity index (χ3v) is 6.98. The summed E-state index contributed by atoms with van der Waals surface area (Å²) in [4.78, 5) is 13.3. The van der Waals surface area contributed by atoms with E-state index in [4.69, 9.17) is 33.1 Å². The number of para-hydroxylation sites is 1. The van der Waals surface area contributed by atoms with Gasteiger partial charge >= 0.3 is 0 Å². The van der Waals surface area contributed by atoms with Crippen LogP contribution in [0.1, 0.15) is 20.8 Å². The molecule has 10 heteroatoms. The molecule has 2 aromatic carbocycles.